The van der Waals surface area contributed by atoms with E-state index in [0.717, 1.165) is 30.7 Å². The molecule has 0 saturated carbocycles. The number of benzene rings is 3. The fourth-order valence-corrected chi connectivity index (χ4v) is 7.55. The Labute approximate surface area is 298 Å². The molecular weight excluding hydrogens is 688 g/mol. The number of aromatic nitrogens is 1. The highest BCUT2D eigenvalue weighted by Crippen LogP contribution is 2.40. The van der Waals surface area contributed by atoms with Crippen LogP contribution in [0.2, 0.25) is 10.0 Å². The van der Waals surface area contributed by atoms with Crippen LogP contribution in [0, 0.1) is 11.7 Å². The molecule has 4 heterocycles. The lowest BCUT2D eigenvalue weighted by Crippen LogP contribution is -2.52. The maximum Gasteiger partial charge on any atom is 0.335 e. The number of halogens is 3. The van der Waals surface area contributed by atoms with E-state index in [1.54, 1.807) is 36.4 Å². The van der Waals surface area contributed by atoms with E-state index in [2.05, 4.69) is 10.2 Å². The van der Waals surface area contributed by atoms with Gasteiger partial charge in [-0.2, -0.15) is 0 Å². The summed E-state index contributed by atoms with van der Waals surface area (Å²) in [6, 6.07) is 14.5. The van der Waals surface area contributed by atoms with Crippen molar-refractivity contribution in [3.05, 3.63) is 117 Å². The minimum Gasteiger partial charge on any atom is -0.493 e. The van der Waals surface area contributed by atoms with Crippen molar-refractivity contribution < 1.29 is 43.2 Å². The van der Waals surface area contributed by atoms with Crippen molar-refractivity contribution in [2.75, 3.05) is 39.2 Å². The number of piperidine rings is 3. The Morgan fingerprint density at radius 1 is 0.980 bits per heavy atom. The van der Waals surface area contributed by atoms with Gasteiger partial charge in [-0.25, -0.2) is 14.0 Å². The fourth-order valence-electron chi connectivity index (χ4n) is 6.94. The van der Waals surface area contributed by atoms with Gasteiger partial charge in [0.25, 0.3) is 0 Å². The van der Waals surface area contributed by atoms with Crippen molar-refractivity contribution in [3.8, 4) is 11.5 Å². The molecule has 13 heteroatoms. The van der Waals surface area contributed by atoms with Crippen molar-refractivity contribution in [2.24, 2.45) is 5.92 Å². The Bertz CT molecular complexity index is 1880. The summed E-state index contributed by atoms with van der Waals surface area (Å²) in [7, 11) is 3.01. The Hall–Kier alpha value is -4.58. The Morgan fingerprint density at radius 2 is 1.70 bits per heavy atom. The van der Waals surface area contributed by atoms with E-state index in [-0.39, 0.29) is 34.1 Å². The van der Waals surface area contributed by atoms with E-state index in [1.165, 1.54) is 50.9 Å². The largest absolute Gasteiger partial charge is 0.493 e. The maximum absolute atomic E-state index is 14.5. The summed E-state index contributed by atoms with van der Waals surface area (Å²) in [6.45, 7) is 2.60. The first-order valence-electron chi connectivity index (χ1n) is 16.2. The van der Waals surface area contributed by atoms with Crippen LogP contribution in [0.5, 0.6) is 11.5 Å². The SMILES string of the molecule is COc1ccc([C@H](Cc2c(Cl)c[n+](O)cc2Cl)c2cc(NC(C(=O)O[C@H]3CN4CCC3CC4)c3cccc(F)c3)ccc2C(=O)O)cc1OC. The van der Waals surface area contributed by atoms with Gasteiger partial charge in [0, 0.05) is 28.4 Å². The third-order valence-electron chi connectivity index (χ3n) is 9.54. The van der Waals surface area contributed by atoms with Gasteiger partial charge in [-0.15, -0.1) is 0 Å². The minimum atomic E-state index is -1.18. The summed E-state index contributed by atoms with van der Waals surface area (Å²) < 4.78 is 32.4. The van der Waals surface area contributed by atoms with E-state index in [4.69, 9.17) is 37.4 Å². The van der Waals surface area contributed by atoms with Crippen molar-refractivity contribution in [3.63, 3.8) is 0 Å². The molecular formula is C37H37Cl2FN3O7+. The number of carbonyl (C=O) groups excluding carboxylic acids is 1. The number of fused-ring (bicyclic) bond motifs is 3. The highest BCUT2D eigenvalue weighted by molar-refractivity contribution is 6.35. The fraction of sp³-hybridized carbons (Fsp3) is 0.324. The Kier molecular flexibility index (Phi) is 10.7. The number of anilines is 1. The molecule has 3 N–H and O–H groups in total. The van der Waals surface area contributed by atoms with E-state index in [0.29, 0.717) is 46.0 Å². The minimum absolute atomic E-state index is 0.00658. The highest BCUT2D eigenvalue weighted by atomic mass is 35.5. The number of pyridine rings is 1. The number of hydrogen-bond donors (Lipinski definition) is 3. The molecule has 0 aliphatic carbocycles. The highest BCUT2D eigenvalue weighted by Gasteiger charge is 2.38. The summed E-state index contributed by atoms with van der Waals surface area (Å²) in [4.78, 5) is 28.9. The van der Waals surface area contributed by atoms with Crippen molar-refractivity contribution >= 4 is 40.8 Å². The van der Waals surface area contributed by atoms with Crippen LogP contribution in [0.1, 0.15) is 57.4 Å². The van der Waals surface area contributed by atoms with Gasteiger partial charge in [0.15, 0.2) is 17.5 Å². The van der Waals surface area contributed by atoms with Gasteiger partial charge >= 0.3 is 11.9 Å². The number of esters is 1. The number of rotatable bonds is 12. The number of hydrogen-bond acceptors (Lipinski definition) is 8. The van der Waals surface area contributed by atoms with Crippen LogP contribution in [0.4, 0.5) is 10.1 Å². The van der Waals surface area contributed by atoms with Gasteiger partial charge in [0.1, 0.15) is 22.0 Å². The molecule has 3 aliphatic heterocycles. The van der Waals surface area contributed by atoms with Gasteiger partial charge in [-0.1, -0.05) is 41.4 Å². The molecule has 0 spiro atoms. The molecule has 0 amide bonds. The zero-order valence-electron chi connectivity index (χ0n) is 27.4. The van der Waals surface area contributed by atoms with Crippen LogP contribution in [-0.4, -0.2) is 67.1 Å². The van der Waals surface area contributed by atoms with Gasteiger partial charge < -0.3 is 24.6 Å². The predicted molar refractivity (Wildman–Crippen MR) is 184 cm³/mol. The molecule has 4 aromatic rings. The number of ether oxygens (including phenoxy) is 3. The summed E-state index contributed by atoms with van der Waals surface area (Å²) in [5.74, 6) is -1.78. The molecule has 50 heavy (non-hydrogen) atoms. The number of carbonyl (C=O) groups is 2. The monoisotopic (exact) mass is 724 g/mol. The van der Waals surface area contributed by atoms with E-state index >= 15 is 0 Å². The van der Waals surface area contributed by atoms with Crippen LogP contribution >= 0.6 is 23.2 Å². The Morgan fingerprint density at radius 3 is 2.32 bits per heavy atom. The molecule has 1 aromatic heterocycles. The molecule has 3 saturated heterocycles. The van der Waals surface area contributed by atoms with Crippen LogP contribution < -0.4 is 19.5 Å². The van der Waals surface area contributed by atoms with E-state index < -0.39 is 29.7 Å². The number of methoxy groups -OCH3 is 2. The second kappa shape index (κ2) is 15.1. The lowest BCUT2D eigenvalue weighted by atomic mass is 9.83. The number of nitrogens with zero attached hydrogens (tertiary/aromatic N) is 2. The maximum atomic E-state index is 14.5. The number of carboxylic acids is 1. The van der Waals surface area contributed by atoms with Crippen LogP contribution in [0.3, 0.4) is 0 Å². The molecule has 3 atom stereocenters. The molecule has 3 fully saturated rings. The normalized spacial score (nSPS) is 19.3. The number of nitrogens with one attached hydrogen (secondary N) is 1. The van der Waals surface area contributed by atoms with E-state index in [9.17, 15) is 24.3 Å². The van der Waals surface area contributed by atoms with Gasteiger partial charge in [-0.05, 0) is 97.4 Å². The zero-order chi connectivity index (χ0) is 35.5. The third-order valence-corrected chi connectivity index (χ3v) is 10.2. The van der Waals surface area contributed by atoms with Crippen molar-refractivity contribution in [2.45, 2.75) is 37.3 Å². The molecule has 7 rings (SSSR count). The molecule has 10 nitrogen and oxygen atoms in total. The van der Waals surface area contributed by atoms with Crippen LogP contribution in [0.25, 0.3) is 0 Å². The van der Waals surface area contributed by atoms with Crippen LogP contribution in [0.15, 0.2) is 73.1 Å². The molecule has 3 aromatic carbocycles. The second-order valence-electron chi connectivity index (χ2n) is 12.5. The smallest absolute Gasteiger partial charge is 0.335 e. The molecule has 3 aliphatic rings. The summed E-state index contributed by atoms with van der Waals surface area (Å²) in [5, 5.41) is 23.9. The average molecular weight is 726 g/mol. The van der Waals surface area contributed by atoms with E-state index in [1.807, 2.05) is 0 Å². The lowest BCUT2D eigenvalue weighted by Gasteiger charge is -2.44. The first-order chi connectivity index (χ1) is 24.0. The molecule has 1 unspecified atom stereocenters. The van der Waals surface area contributed by atoms with Crippen molar-refractivity contribution in [1.82, 2.24) is 4.90 Å². The van der Waals surface area contributed by atoms with Crippen molar-refractivity contribution in [1.29, 1.82) is 0 Å². The standard InChI is InChI=1S/C37H36Cl2FN3O7/c1-48-32-9-6-22(15-33(32)49-2)27(17-29-30(38)18-43(47)19-31(29)39)28-16-25(7-8-26(28)36(44)45)41-35(23-4-3-5-24(40)14-23)37(46)50-34-20-42-12-10-21(34)11-13-42/h3-9,14-16,18-19,21,27,34-35,41H,10-13,17,20H2,1-2H3,(H-,44,45,47)/p+1/t27-,34-,35?/m0/s1. The molecule has 2 bridgehead atoms. The third kappa shape index (κ3) is 7.60. The number of aromatic carboxylic acids is 1. The first kappa shape index (κ1) is 35.3. The topological polar surface area (TPSA) is 121 Å². The second-order valence-corrected chi connectivity index (χ2v) is 13.4. The zero-order valence-corrected chi connectivity index (χ0v) is 29.0. The Balaban J connectivity index is 1.43. The summed E-state index contributed by atoms with van der Waals surface area (Å²) >= 11 is 13.1. The predicted octanol–water partition coefficient (Wildman–Crippen LogP) is 6.54. The summed E-state index contributed by atoms with van der Waals surface area (Å²) in [6.07, 6.45) is 4.30. The van der Waals surface area contributed by atoms with Crippen LogP contribution in [-0.2, 0) is 16.0 Å². The first-order valence-corrected chi connectivity index (χ1v) is 16.9. The van der Waals surface area contributed by atoms with Gasteiger partial charge in [-0.3, -0.25) is 10.1 Å². The summed E-state index contributed by atoms with van der Waals surface area (Å²) in [5.41, 5.74) is 2.23. The average Bonchev–Trinajstić information content (AvgIpc) is 3.10. The quantitative estimate of drug-likeness (QED) is 0.0850. The lowest BCUT2D eigenvalue weighted by molar-refractivity contribution is -0.904. The molecule has 262 valence electrons. The molecule has 0 radical (unpaired) electrons. The number of carboxylic acid groups (broad SMARTS) is 1. The van der Waals surface area contributed by atoms with Gasteiger partial charge in [0.2, 0.25) is 12.4 Å². The van der Waals surface area contributed by atoms with Gasteiger partial charge in [0.05, 0.1) is 19.8 Å².